The van der Waals surface area contributed by atoms with Crippen LogP contribution in [0.15, 0.2) is 76.4 Å². The first-order valence-corrected chi connectivity index (χ1v) is 9.32. The molecule has 1 aliphatic heterocycles. The summed E-state index contributed by atoms with van der Waals surface area (Å²) in [6.45, 7) is 1.63. The molecule has 30 heavy (non-hydrogen) atoms. The normalized spacial score (nSPS) is 15.9. The summed E-state index contributed by atoms with van der Waals surface area (Å²) in [5, 5.41) is 14.5. The summed E-state index contributed by atoms with van der Waals surface area (Å²) in [5.41, 5.74) is 2.35. The number of furan rings is 1. The lowest BCUT2D eigenvalue weighted by Gasteiger charge is -2.14. The summed E-state index contributed by atoms with van der Waals surface area (Å²) in [4.78, 5) is 37.1. The smallest absolute Gasteiger partial charge is 0.335 e. The lowest BCUT2D eigenvalue weighted by Crippen LogP contribution is -2.33. The highest BCUT2D eigenvalue weighted by Gasteiger charge is 2.39. The Balaban J connectivity index is 1.54. The second-order valence-electron chi connectivity index (χ2n) is 7.00. The van der Waals surface area contributed by atoms with Crippen LogP contribution in [0.2, 0.25) is 0 Å². The minimum absolute atomic E-state index is 0.0395. The number of hydrazone groups is 1. The second-order valence-corrected chi connectivity index (χ2v) is 7.00. The number of benzene rings is 2. The van der Waals surface area contributed by atoms with Gasteiger partial charge in [-0.25, -0.2) is 4.79 Å². The number of hydrogen-bond donors (Lipinski definition) is 1. The van der Waals surface area contributed by atoms with Gasteiger partial charge in [-0.05, 0) is 48.9 Å². The van der Waals surface area contributed by atoms with E-state index in [1.807, 2.05) is 30.3 Å². The van der Waals surface area contributed by atoms with Crippen molar-refractivity contribution in [3.63, 3.8) is 0 Å². The molecule has 4 rings (SSSR count). The monoisotopic (exact) mass is 402 g/mol. The van der Waals surface area contributed by atoms with Gasteiger partial charge in [-0.2, -0.15) is 10.1 Å². The molecule has 2 heterocycles. The molecule has 1 unspecified atom stereocenters. The third kappa shape index (κ3) is 3.65. The van der Waals surface area contributed by atoms with Crippen LogP contribution in [-0.2, 0) is 16.0 Å². The van der Waals surface area contributed by atoms with Gasteiger partial charge in [0.2, 0.25) is 0 Å². The van der Waals surface area contributed by atoms with Crippen LogP contribution in [0.1, 0.15) is 22.8 Å². The first-order valence-electron chi connectivity index (χ1n) is 9.32. The van der Waals surface area contributed by atoms with Crippen molar-refractivity contribution in [1.82, 2.24) is 0 Å². The number of carboxylic acids is 1. The number of nitrogens with zero attached hydrogens (tertiary/aromatic N) is 2. The predicted octanol–water partition coefficient (Wildman–Crippen LogP) is 3.80. The maximum Gasteiger partial charge on any atom is 0.335 e. The SMILES string of the molecule is CC1=NN(c2cccc(C(=O)O)c2)C(=O)C1C(=O)Cc1cccc(-c2ccco2)c1. The highest BCUT2D eigenvalue weighted by molar-refractivity contribution is 6.27. The number of hydrogen-bond acceptors (Lipinski definition) is 5. The predicted molar refractivity (Wildman–Crippen MR) is 110 cm³/mol. The van der Waals surface area contributed by atoms with Gasteiger partial charge >= 0.3 is 5.97 Å². The number of ketones is 1. The van der Waals surface area contributed by atoms with Crippen molar-refractivity contribution in [2.24, 2.45) is 11.0 Å². The molecule has 0 saturated heterocycles. The van der Waals surface area contributed by atoms with Crippen molar-refractivity contribution in [3.05, 3.63) is 78.1 Å². The highest BCUT2D eigenvalue weighted by atomic mass is 16.4. The Morgan fingerprint density at radius 3 is 2.63 bits per heavy atom. The summed E-state index contributed by atoms with van der Waals surface area (Å²) in [5.74, 6) is -2.15. The maximum absolute atomic E-state index is 12.9. The largest absolute Gasteiger partial charge is 0.478 e. The highest BCUT2D eigenvalue weighted by Crippen LogP contribution is 2.27. The van der Waals surface area contributed by atoms with Gasteiger partial charge in [0, 0.05) is 12.0 Å². The molecular formula is C23H18N2O5. The van der Waals surface area contributed by atoms with E-state index in [1.54, 1.807) is 25.3 Å². The fourth-order valence-electron chi connectivity index (χ4n) is 3.47. The summed E-state index contributed by atoms with van der Waals surface area (Å²) >= 11 is 0. The molecule has 1 N–H and O–H groups in total. The van der Waals surface area contributed by atoms with Crippen LogP contribution in [0, 0.1) is 5.92 Å². The maximum atomic E-state index is 12.9. The Morgan fingerprint density at radius 2 is 1.90 bits per heavy atom. The van der Waals surface area contributed by atoms with E-state index in [9.17, 15) is 14.4 Å². The Bertz CT molecular complexity index is 1160. The molecule has 0 aliphatic carbocycles. The lowest BCUT2D eigenvalue weighted by atomic mass is 9.93. The van der Waals surface area contributed by atoms with Crippen LogP contribution >= 0.6 is 0 Å². The van der Waals surface area contributed by atoms with Crippen LogP contribution in [0.4, 0.5) is 5.69 Å². The molecule has 0 saturated carbocycles. The third-order valence-electron chi connectivity index (χ3n) is 4.90. The van der Waals surface area contributed by atoms with Gasteiger partial charge in [0.25, 0.3) is 5.91 Å². The van der Waals surface area contributed by atoms with Crippen molar-refractivity contribution < 1.29 is 23.9 Å². The summed E-state index contributed by atoms with van der Waals surface area (Å²) in [6, 6.07) is 16.9. The first kappa shape index (κ1) is 19.3. The number of aromatic carboxylic acids is 1. The average molecular weight is 402 g/mol. The van der Waals surface area contributed by atoms with Crippen LogP contribution in [0.25, 0.3) is 11.3 Å². The molecule has 7 heteroatoms. The Kier molecular flexibility index (Phi) is 5.02. The number of carbonyl (C=O) groups excluding carboxylic acids is 2. The van der Waals surface area contributed by atoms with Crippen molar-refractivity contribution in [3.8, 4) is 11.3 Å². The van der Waals surface area contributed by atoms with E-state index in [1.165, 1.54) is 18.2 Å². The second kappa shape index (κ2) is 7.79. The molecule has 150 valence electrons. The molecular weight excluding hydrogens is 384 g/mol. The summed E-state index contributed by atoms with van der Waals surface area (Å²) < 4.78 is 5.40. The number of Topliss-reactive ketones (excluding diaryl/α,β-unsaturated/α-hetero) is 1. The number of amides is 1. The first-order chi connectivity index (χ1) is 14.4. The van der Waals surface area contributed by atoms with Gasteiger partial charge in [-0.15, -0.1) is 0 Å². The average Bonchev–Trinajstić information content (AvgIpc) is 3.36. The van der Waals surface area contributed by atoms with Crippen molar-refractivity contribution in [2.45, 2.75) is 13.3 Å². The fourth-order valence-corrected chi connectivity index (χ4v) is 3.47. The zero-order chi connectivity index (χ0) is 21.3. The lowest BCUT2D eigenvalue weighted by molar-refractivity contribution is -0.128. The quantitative estimate of drug-likeness (QED) is 0.632. The zero-order valence-electron chi connectivity index (χ0n) is 16.1. The van der Waals surface area contributed by atoms with Crippen molar-refractivity contribution >= 4 is 29.1 Å². The van der Waals surface area contributed by atoms with Gasteiger partial charge in [-0.1, -0.05) is 24.3 Å². The van der Waals surface area contributed by atoms with Crippen LogP contribution < -0.4 is 5.01 Å². The van der Waals surface area contributed by atoms with E-state index in [-0.39, 0.29) is 17.8 Å². The fraction of sp³-hybridized carbons (Fsp3) is 0.130. The minimum atomic E-state index is -1.10. The van der Waals surface area contributed by atoms with E-state index >= 15 is 0 Å². The summed E-state index contributed by atoms with van der Waals surface area (Å²) in [6.07, 6.45) is 1.65. The van der Waals surface area contributed by atoms with E-state index in [4.69, 9.17) is 9.52 Å². The molecule has 2 aromatic carbocycles. The van der Waals surface area contributed by atoms with E-state index in [0.29, 0.717) is 17.2 Å². The van der Waals surface area contributed by atoms with Gasteiger partial charge in [-0.3, -0.25) is 9.59 Å². The van der Waals surface area contributed by atoms with Crippen molar-refractivity contribution in [1.29, 1.82) is 0 Å². The summed E-state index contributed by atoms with van der Waals surface area (Å²) in [7, 11) is 0. The molecule has 1 aromatic heterocycles. The van der Waals surface area contributed by atoms with Crippen LogP contribution in [0.5, 0.6) is 0 Å². The van der Waals surface area contributed by atoms with Crippen LogP contribution in [0.3, 0.4) is 0 Å². The number of anilines is 1. The number of carboxylic acid groups (broad SMARTS) is 1. The van der Waals surface area contributed by atoms with Gasteiger partial charge < -0.3 is 9.52 Å². The topological polar surface area (TPSA) is 100 Å². The molecule has 0 radical (unpaired) electrons. The molecule has 0 spiro atoms. The Hall–Kier alpha value is -4.00. The van der Waals surface area contributed by atoms with E-state index < -0.39 is 17.8 Å². The van der Waals surface area contributed by atoms with Gasteiger partial charge in [0.05, 0.1) is 23.2 Å². The van der Waals surface area contributed by atoms with Crippen LogP contribution in [-0.4, -0.2) is 28.5 Å². The van der Waals surface area contributed by atoms with E-state index in [0.717, 1.165) is 16.1 Å². The molecule has 7 nitrogen and oxygen atoms in total. The molecule has 0 bridgehead atoms. The Labute approximate surface area is 172 Å². The van der Waals surface area contributed by atoms with Gasteiger partial charge in [0.15, 0.2) is 5.78 Å². The molecule has 1 aliphatic rings. The molecule has 1 atom stereocenters. The van der Waals surface area contributed by atoms with Crippen molar-refractivity contribution in [2.75, 3.05) is 5.01 Å². The zero-order valence-corrected chi connectivity index (χ0v) is 16.1. The Morgan fingerprint density at radius 1 is 1.10 bits per heavy atom. The minimum Gasteiger partial charge on any atom is -0.478 e. The van der Waals surface area contributed by atoms with E-state index in [2.05, 4.69) is 5.10 Å². The number of carbonyl (C=O) groups is 3. The van der Waals surface area contributed by atoms with Gasteiger partial charge in [0.1, 0.15) is 11.7 Å². The molecule has 3 aromatic rings. The molecule has 0 fully saturated rings. The molecule has 1 amide bonds. The number of rotatable bonds is 6. The standard InChI is InChI=1S/C23H18N2O5/c1-14-21(22(27)25(24-14)18-8-3-7-17(13-18)23(28)29)19(26)12-15-5-2-6-16(11-15)20-9-4-10-30-20/h2-11,13,21H,12H2,1H3,(H,28,29). The third-order valence-corrected chi connectivity index (χ3v) is 4.90.